The molecule has 2 aromatic carbocycles. The first kappa shape index (κ1) is 22.2. The van der Waals surface area contributed by atoms with E-state index in [0.717, 1.165) is 5.56 Å². The van der Waals surface area contributed by atoms with E-state index in [2.05, 4.69) is 10.3 Å². The third-order valence-electron chi connectivity index (χ3n) is 4.17. The van der Waals surface area contributed by atoms with Gasteiger partial charge in [-0.05, 0) is 54.5 Å². The smallest absolute Gasteiger partial charge is 0.311 e. The first-order valence-corrected chi connectivity index (χ1v) is 10.5. The molecule has 8 heteroatoms. The Bertz CT molecular complexity index is 1090. The van der Waals surface area contributed by atoms with Gasteiger partial charge in [-0.1, -0.05) is 13.0 Å². The van der Waals surface area contributed by atoms with Crippen LogP contribution < -0.4 is 14.8 Å². The highest BCUT2D eigenvalue weighted by Crippen LogP contribution is 2.29. The molecule has 1 N–H and O–H groups in total. The van der Waals surface area contributed by atoms with E-state index in [9.17, 15) is 14.0 Å². The SMILES string of the molecule is CCCC(=O)Oc1ccc(/C=C/C(=O)Nc2nc(-c3ccc(F)cc3)cs2)cc1OC. The Kier molecular flexibility index (Phi) is 7.50. The number of aromatic nitrogens is 1. The number of halogens is 1. The summed E-state index contributed by atoms with van der Waals surface area (Å²) in [7, 11) is 1.48. The van der Waals surface area contributed by atoms with Crippen molar-refractivity contribution in [1.29, 1.82) is 0 Å². The van der Waals surface area contributed by atoms with E-state index in [0.29, 0.717) is 40.7 Å². The van der Waals surface area contributed by atoms with Gasteiger partial charge >= 0.3 is 5.97 Å². The average molecular weight is 440 g/mol. The van der Waals surface area contributed by atoms with Crippen LogP contribution in [0.3, 0.4) is 0 Å². The van der Waals surface area contributed by atoms with E-state index in [1.165, 1.54) is 36.7 Å². The lowest BCUT2D eigenvalue weighted by atomic mass is 10.2. The van der Waals surface area contributed by atoms with Gasteiger partial charge in [0, 0.05) is 23.4 Å². The van der Waals surface area contributed by atoms with E-state index < -0.39 is 0 Å². The molecule has 31 heavy (non-hydrogen) atoms. The summed E-state index contributed by atoms with van der Waals surface area (Å²) in [5.74, 6) is -0.264. The van der Waals surface area contributed by atoms with Crippen molar-refractivity contribution in [3.05, 3.63) is 65.3 Å². The van der Waals surface area contributed by atoms with Gasteiger partial charge in [0.15, 0.2) is 16.6 Å². The molecule has 0 fully saturated rings. The fourth-order valence-corrected chi connectivity index (χ4v) is 3.38. The minimum atomic E-state index is -0.350. The lowest BCUT2D eigenvalue weighted by molar-refractivity contribution is -0.134. The highest BCUT2D eigenvalue weighted by Gasteiger charge is 2.10. The Morgan fingerprint density at radius 2 is 1.94 bits per heavy atom. The van der Waals surface area contributed by atoms with Gasteiger partial charge in [0.1, 0.15) is 5.82 Å². The number of amides is 1. The van der Waals surface area contributed by atoms with E-state index in [-0.39, 0.29) is 17.7 Å². The first-order chi connectivity index (χ1) is 15.0. The molecule has 0 aliphatic rings. The summed E-state index contributed by atoms with van der Waals surface area (Å²) in [5.41, 5.74) is 2.12. The molecule has 0 radical (unpaired) electrons. The zero-order valence-corrected chi connectivity index (χ0v) is 17.9. The minimum absolute atomic E-state index is 0.318. The highest BCUT2D eigenvalue weighted by molar-refractivity contribution is 7.14. The van der Waals surface area contributed by atoms with Crippen LogP contribution in [0.4, 0.5) is 9.52 Å². The predicted octanol–water partition coefficient (Wildman–Crippen LogP) is 5.32. The lowest BCUT2D eigenvalue weighted by Gasteiger charge is -2.09. The number of carbonyl (C=O) groups is 2. The van der Waals surface area contributed by atoms with Crippen LogP contribution in [0.25, 0.3) is 17.3 Å². The van der Waals surface area contributed by atoms with E-state index in [1.54, 1.807) is 41.8 Å². The molecule has 3 aromatic rings. The van der Waals surface area contributed by atoms with Crippen LogP contribution in [-0.4, -0.2) is 24.0 Å². The van der Waals surface area contributed by atoms with Crippen molar-refractivity contribution in [3.63, 3.8) is 0 Å². The summed E-state index contributed by atoms with van der Waals surface area (Å²) >= 11 is 1.28. The number of nitrogens with zero attached hydrogens (tertiary/aromatic N) is 1. The van der Waals surface area contributed by atoms with Crippen molar-refractivity contribution in [2.24, 2.45) is 0 Å². The molecular weight excluding hydrogens is 419 g/mol. The Morgan fingerprint density at radius 1 is 1.16 bits per heavy atom. The zero-order valence-electron chi connectivity index (χ0n) is 17.1. The number of methoxy groups -OCH3 is 1. The number of thiazole rings is 1. The Morgan fingerprint density at radius 3 is 2.65 bits per heavy atom. The number of rotatable bonds is 8. The molecule has 6 nitrogen and oxygen atoms in total. The van der Waals surface area contributed by atoms with Crippen LogP contribution in [0.5, 0.6) is 11.5 Å². The third kappa shape index (κ3) is 6.23. The molecule has 1 aromatic heterocycles. The first-order valence-electron chi connectivity index (χ1n) is 9.57. The van der Waals surface area contributed by atoms with Gasteiger partial charge in [-0.3, -0.25) is 14.9 Å². The van der Waals surface area contributed by atoms with Crippen molar-refractivity contribution in [3.8, 4) is 22.8 Å². The fraction of sp³-hybridized carbons (Fsp3) is 0.174. The number of ether oxygens (including phenoxy) is 2. The van der Waals surface area contributed by atoms with Crippen LogP contribution in [0.2, 0.25) is 0 Å². The largest absolute Gasteiger partial charge is 0.493 e. The topological polar surface area (TPSA) is 77.5 Å². The standard InChI is InChI=1S/C23H21FN2O4S/c1-3-4-22(28)30-19-11-5-15(13-20(19)29-2)6-12-21(27)26-23-25-18(14-31-23)16-7-9-17(24)10-8-16/h5-14H,3-4H2,1-2H3,(H,25,26,27)/b12-6+. The van der Waals surface area contributed by atoms with Gasteiger partial charge in [0.2, 0.25) is 5.91 Å². The highest BCUT2D eigenvalue weighted by atomic mass is 32.1. The second-order valence-corrected chi connectivity index (χ2v) is 7.36. The maximum absolute atomic E-state index is 13.0. The number of carbonyl (C=O) groups excluding carboxylic acids is 2. The maximum atomic E-state index is 13.0. The summed E-state index contributed by atoms with van der Waals surface area (Å²) in [6.45, 7) is 1.90. The van der Waals surface area contributed by atoms with Gasteiger partial charge in [0.25, 0.3) is 0 Å². The van der Waals surface area contributed by atoms with Crippen molar-refractivity contribution in [1.82, 2.24) is 4.98 Å². The molecule has 0 saturated heterocycles. The van der Waals surface area contributed by atoms with E-state index >= 15 is 0 Å². The van der Waals surface area contributed by atoms with Crippen molar-refractivity contribution in [2.75, 3.05) is 12.4 Å². The molecule has 1 amide bonds. The molecule has 0 atom stereocenters. The Labute approximate surface area is 183 Å². The van der Waals surface area contributed by atoms with Gasteiger partial charge in [-0.2, -0.15) is 0 Å². The quantitative estimate of drug-likeness (QED) is 0.292. The second kappa shape index (κ2) is 10.5. The number of esters is 1. The van der Waals surface area contributed by atoms with Gasteiger partial charge in [-0.15, -0.1) is 11.3 Å². The third-order valence-corrected chi connectivity index (χ3v) is 4.92. The van der Waals surface area contributed by atoms with Crippen LogP contribution in [-0.2, 0) is 9.59 Å². The molecule has 0 aliphatic carbocycles. The molecule has 0 aliphatic heterocycles. The monoisotopic (exact) mass is 440 g/mol. The normalized spacial score (nSPS) is 10.8. The number of anilines is 1. The van der Waals surface area contributed by atoms with Crippen molar-refractivity contribution in [2.45, 2.75) is 19.8 Å². The van der Waals surface area contributed by atoms with E-state index in [1.807, 2.05) is 6.92 Å². The van der Waals surface area contributed by atoms with Crippen LogP contribution in [0, 0.1) is 5.82 Å². The number of hydrogen-bond donors (Lipinski definition) is 1. The Balaban J connectivity index is 1.63. The van der Waals surface area contributed by atoms with Crippen molar-refractivity contribution < 1.29 is 23.5 Å². The van der Waals surface area contributed by atoms with Gasteiger partial charge < -0.3 is 9.47 Å². The van der Waals surface area contributed by atoms with E-state index in [4.69, 9.17) is 9.47 Å². The summed E-state index contributed by atoms with van der Waals surface area (Å²) in [6.07, 6.45) is 4.01. The molecule has 0 spiro atoms. The molecule has 160 valence electrons. The van der Waals surface area contributed by atoms with Gasteiger partial charge in [-0.25, -0.2) is 9.37 Å². The van der Waals surface area contributed by atoms with Crippen LogP contribution >= 0.6 is 11.3 Å². The summed E-state index contributed by atoms with van der Waals surface area (Å²) in [4.78, 5) is 28.3. The minimum Gasteiger partial charge on any atom is -0.493 e. The summed E-state index contributed by atoms with van der Waals surface area (Å²) < 4.78 is 23.6. The molecular formula is C23H21FN2O4S. The van der Waals surface area contributed by atoms with Crippen LogP contribution in [0.1, 0.15) is 25.3 Å². The van der Waals surface area contributed by atoms with Gasteiger partial charge in [0.05, 0.1) is 12.8 Å². The lowest BCUT2D eigenvalue weighted by Crippen LogP contribution is -2.08. The molecule has 1 heterocycles. The maximum Gasteiger partial charge on any atom is 0.311 e. The number of benzene rings is 2. The number of nitrogens with one attached hydrogen (secondary N) is 1. The Hall–Kier alpha value is -3.52. The molecule has 0 bridgehead atoms. The summed E-state index contributed by atoms with van der Waals surface area (Å²) in [6, 6.07) is 11.0. The molecule has 3 rings (SSSR count). The van der Waals surface area contributed by atoms with Crippen LogP contribution in [0.15, 0.2) is 53.9 Å². The zero-order chi connectivity index (χ0) is 22.2. The molecule has 0 saturated carbocycles. The molecule has 0 unspecified atom stereocenters. The predicted molar refractivity (Wildman–Crippen MR) is 119 cm³/mol. The van der Waals surface area contributed by atoms with Crippen molar-refractivity contribution >= 4 is 34.4 Å². The average Bonchev–Trinajstić information content (AvgIpc) is 3.22. The fourth-order valence-electron chi connectivity index (χ4n) is 2.65. The number of hydrogen-bond acceptors (Lipinski definition) is 6. The summed E-state index contributed by atoms with van der Waals surface area (Å²) in [5, 5.41) is 4.92. The second-order valence-electron chi connectivity index (χ2n) is 6.50.